The molecule has 0 aliphatic heterocycles. The summed E-state index contributed by atoms with van der Waals surface area (Å²) < 4.78 is 5.64. The number of fused-ring (bicyclic) bond motifs is 1. The predicted octanol–water partition coefficient (Wildman–Crippen LogP) is 4.40. The maximum absolute atomic E-state index is 12.1. The van der Waals surface area contributed by atoms with E-state index in [0.717, 1.165) is 16.5 Å². The molecule has 0 saturated heterocycles. The van der Waals surface area contributed by atoms with E-state index in [1.807, 2.05) is 37.3 Å². The number of aryl methyl sites for hydroxylation is 1. The molecule has 0 atom stereocenters. The lowest BCUT2D eigenvalue weighted by atomic mass is 10.0. The number of benzene rings is 2. The number of amides is 1. The molecule has 0 bridgehead atoms. The molecule has 2 aromatic carbocycles. The molecule has 1 aromatic heterocycles. The van der Waals surface area contributed by atoms with Gasteiger partial charge in [-0.3, -0.25) is 14.6 Å². The van der Waals surface area contributed by atoms with E-state index in [9.17, 15) is 9.59 Å². The number of carbonyl (C=O) groups excluding carboxylic acids is 2. The molecule has 0 aliphatic rings. The fourth-order valence-corrected chi connectivity index (χ4v) is 2.68. The number of anilines is 1. The highest BCUT2D eigenvalue weighted by Gasteiger charge is 2.09. The first-order valence-electron chi connectivity index (χ1n) is 7.92. The van der Waals surface area contributed by atoms with Gasteiger partial charge in [0, 0.05) is 22.8 Å². The SMILES string of the molecule is C.CC(=O)c1ccc(NC(=O)COc2cccc3ncccc23)cc1C. The Morgan fingerprint density at radius 1 is 1.12 bits per heavy atom. The topological polar surface area (TPSA) is 68.3 Å². The minimum absolute atomic E-state index is 0. The predicted molar refractivity (Wildman–Crippen MR) is 104 cm³/mol. The number of ether oxygens (including phenoxy) is 1. The van der Waals surface area contributed by atoms with Crippen LogP contribution in [-0.2, 0) is 4.79 Å². The quantitative estimate of drug-likeness (QED) is 0.693. The molecule has 1 heterocycles. The molecule has 26 heavy (non-hydrogen) atoms. The minimum atomic E-state index is -0.268. The number of Topliss-reactive ketones (excluding diaryl/α,β-unsaturated/α-hetero) is 1. The van der Waals surface area contributed by atoms with Gasteiger partial charge >= 0.3 is 0 Å². The van der Waals surface area contributed by atoms with Crippen molar-refractivity contribution < 1.29 is 14.3 Å². The van der Waals surface area contributed by atoms with E-state index in [4.69, 9.17) is 4.74 Å². The van der Waals surface area contributed by atoms with Crippen molar-refractivity contribution in [3.8, 4) is 5.75 Å². The standard InChI is InChI=1S/C20H18N2O3.CH4/c1-13-11-15(8-9-16(13)14(2)23)22-20(24)12-25-19-7-3-6-18-17(19)5-4-10-21-18;/h3-11H,12H2,1-2H3,(H,22,24);1H4. The van der Waals surface area contributed by atoms with Gasteiger partial charge in [-0.05, 0) is 61.9 Å². The van der Waals surface area contributed by atoms with E-state index >= 15 is 0 Å². The van der Waals surface area contributed by atoms with Crippen molar-refractivity contribution >= 4 is 28.3 Å². The lowest BCUT2D eigenvalue weighted by molar-refractivity contribution is -0.118. The first-order valence-corrected chi connectivity index (χ1v) is 7.92. The van der Waals surface area contributed by atoms with Gasteiger partial charge in [0.1, 0.15) is 5.75 Å². The largest absolute Gasteiger partial charge is 0.483 e. The molecule has 0 spiro atoms. The minimum Gasteiger partial charge on any atom is -0.483 e. The van der Waals surface area contributed by atoms with E-state index in [0.29, 0.717) is 17.0 Å². The van der Waals surface area contributed by atoms with Gasteiger partial charge in [0.05, 0.1) is 5.52 Å². The number of carbonyl (C=O) groups is 2. The zero-order chi connectivity index (χ0) is 17.8. The Morgan fingerprint density at radius 3 is 2.65 bits per heavy atom. The number of hydrogen-bond donors (Lipinski definition) is 1. The summed E-state index contributed by atoms with van der Waals surface area (Å²) >= 11 is 0. The maximum Gasteiger partial charge on any atom is 0.262 e. The third kappa shape index (κ3) is 4.25. The maximum atomic E-state index is 12.1. The molecule has 0 saturated carbocycles. The van der Waals surface area contributed by atoms with Crippen LogP contribution in [0.15, 0.2) is 54.7 Å². The molecule has 3 rings (SSSR count). The molecule has 134 valence electrons. The van der Waals surface area contributed by atoms with Crippen molar-refractivity contribution in [2.24, 2.45) is 0 Å². The Labute approximate surface area is 153 Å². The van der Waals surface area contributed by atoms with E-state index in [-0.39, 0.29) is 25.7 Å². The highest BCUT2D eigenvalue weighted by molar-refractivity contribution is 5.97. The normalized spacial score (nSPS) is 10.1. The summed E-state index contributed by atoms with van der Waals surface area (Å²) in [5, 5.41) is 3.64. The van der Waals surface area contributed by atoms with Crippen molar-refractivity contribution in [2.45, 2.75) is 21.3 Å². The van der Waals surface area contributed by atoms with E-state index in [2.05, 4.69) is 10.3 Å². The van der Waals surface area contributed by atoms with Crippen molar-refractivity contribution in [2.75, 3.05) is 11.9 Å². The van der Waals surface area contributed by atoms with Crippen molar-refractivity contribution in [3.05, 3.63) is 65.9 Å². The molecular formula is C21H22N2O3. The molecule has 0 unspecified atom stereocenters. The number of pyridine rings is 1. The van der Waals surface area contributed by atoms with Gasteiger partial charge in [-0.15, -0.1) is 0 Å². The molecule has 1 amide bonds. The van der Waals surface area contributed by atoms with E-state index in [1.54, 1.807) is 24.4 Å². The zero-order valence-electron chi connectivity index (χ0n) is 14.1. The summed E-state index contributed by atoms with van der Waals surface area (Å²) in [4.78, 5) is 27.8. The second-order valence-corrected chi connectivity index (χ2v) is 5.75. The van der Waals surface area contributed by atoms with Crippen LogP contribution < -0.4 is 10.1 Å². The number of ketones is 1. The summed E-state index contributed by atoms with van der Waals surface area (Å²) in [6, 6.07) is 14.5. The fraction of sp³-hybridized carbons (Fsp3) is 0.190. The number of rotatable bonds is 5. The van der Waals surface area contributed by atoms with Gasteiger partial charge in [0.25, 0.3) is 5.91 Å². The Morgan fingerprint density at radius 2 is 1.92 bits per heavy atom. The van der Waals surface area contributed by atoms with Gasteiger partial charge in [0.2, 0.25) is 0 Å². The zero-order valence-corrected chi connectivity index (χ0v) is 14.1. The molecule has 0 radical (unpaired) electrons. The number of aromatic nitrogens is 1. The van der Waals surface area contributed by atoms with Gasteiger partial charge in [-0.1, -0.05) is 13.5 Å². The lowest BCUT2D eigenvalue weighted by Crippen LogP contribution is -2.20. The number of hydrogen-bond acceptors (Lipinski definition) is 4. The average molecular weight is 350 g/mol. The van der Waals surface area contributed by atoms with Crippen LogP contribution in [0.3, 0.4) is 0 Å². The Hall–Kier alpha value is -3.21. The van der Waals surface area contributed by atoms with Crippen LogP contribution in [0.2, 0.25) is 0 Å². The average Bonchev–Trinajstić information content (AvgIpc) is 2.59. The Kier molecular flexibility index (Phi) is 6.07. The molecule has 5 nitrogen and oxygen atoms in total. The summed E-state index contributed by atoms with van der Waals surface area (Å²) in [6.07, 6.45) is 1.71. The smallest absolute Gasteiger partial charge is 0.262 e. The van der Waals surface area contributed by atoms with Crippen LogP contribution in [0.5, 0.6) is 5.75 Å². The molecule has 0 fully saturated rings. The second kappa shape index (κ2) is 8.25. The second-order valence-electron chi connectivity index (χ2n) is 5.75. The summed E-state index contributed by atoms with van der Waals surface area (Å²) in [7, 11) is 0. The van der Waals surface area contributed by atoms with Gasteiger partial charge in [-0.25, -0.2) is 0 Å². The van der Waals surface area contributed by atoms with Crippen LogP contribution >= 0.6 is 0 Å². The highest BCUT2D eigenvalue weighted by Crippen LogP contribution is 2.23. The van der Waals surface area contributed by atoms with Gasteiger partial charge in [0.15, 0.2) is 12.4 Å². The Balaban J connectivity index is 0.00000243. The third-order valence-corrected chi connectivity index (χ3v) is 3.85. The number of nitrogens with one attached hydrogen (secondary N) is 1. The third-order valence-electron chi connectivity index (χ3n) is 3.85. The van der Waals surface area contributed by atoms with Crippen LogP contribution in [-0.4, -0.2) is 23.3 Å². The first-order chi connectivity index (χ1) is 12.0. The Bertz CT molecular complexity index is 946. The molecule has 5 heteroatoms. The van der Waals surface area contributed by atoms with Crippen molar-refractivity contribution in [3.63, 3.8) is 0 Å². The van der Waals surface area contributed by atoms with Gasteiger partial charge in [-0.2, -0.15) is 0 Å². The van der Waals surface area contributed by atoms with Crippen LogP contribution in [0.4, 0.5) is 5.69 Å². The molecule has 1 N–H and O–H groups in total. The van der Waals surface area contributed by atoms with Crippen LogP contribution in [0.25, 0.3) is 10.9 Å². The highest BCUT2D eigenvalue weighted by atomic mass is 16.5. The van der Waals surface area contributed by atoms with E-state index in [1.165, 1.54) is 6.92 Å². The van der Waals surface area contributed by atoms with Crippen molar-refractivity contribution in [1.29, 1.82) is 0 Å². The van der Waals surface area contributed by atoms with E-state index < -0.39 is 0 Å². The summed E-state index contributed by atoms with van der Waals surface area (Å²) in [6.45, 7) is 3.25. The van der Waals surface area contributed by atoms with Crippen LogP contribution in [0, 0.1) is 6.92 Å². The molecular weight excluding hydrogens is 328 g/mol. The summed E-state index contributed by atoms with van der Waals surface area (Å²) in [5.41, 5.74) is 2.93. The monoisotopic (exact) mass is 350 g/mol. The molecule has 3 aromatic rings. The lowest BCUT2D eigenvalue weighted by Gasteiger charge is -2.10. The summed E-state index contributed by atoms with van der Waals surface area (Å²) in [5.74, 6) is 0.350. The number of nitrogens with zero attached hydrogens (tertiary/aromatic N) is 1. The first kappa shape index (κ1) is 19.1. The van der Waals surface area contributed by atoms with Crippen LogP contribution in [0.1, 0.15) is 30.3 Å². The van der Waals surface area contributed by atoms with Gasteiger partial charge < -0.3 is 10.1 Å². The van der Waals surface area contributed by atoms with Crippen molar-refractivity contribution in [1.82, 2.24) is 4.98 Å². The molecule has 0 aliphatic carbocycles. The fourth-order valence-electron chi connectivity index (χ4n) is 2.68.